The average Bonchev–Trinajstić information content (AvgIpc) is 2.47. The van der Waals surface area contributed by atoms with Crippen LogP contribution in [0.4, 0.5) is 4.39 Å². The van der Waals surface area contributed by atoms with Crippen LogP contribution in [0.25, 0.3) is 22.2 Å². The molecule has 0 unspecified atom stereocenters. The highest BCUT2D eigenvalue weighted by molar-refractivity contribution is 5.81. The minimum atomic E-state index is -0.443. The van der Waals surface area contributed by atoms with Gasteiger partial charge in [0.05, 0.1) is 11.2 Å². The predicted molar refractivity (Wildman–Crippen MR) is 72.0 cm³/mol. The van der Waals surface area contributed by atoms with Gasteiger partial charge in [-0.15, -0.1) is 0 Å². The van der Waals surface area contributed by atoms with Crippen molar-refractivity contribution < 1.29 is 4.39 Å². The Morgan fingerprint density at radius 1 is 0.889 bits per heavy atom. The Balaban J connectivity index is 2.13. The minimum absolute atomic E-state index is 0.443. The van der Waals surface area contributed by atoms with Crippen molar-refractivity contribution in [3.63, 3.8) is 0 Å². The van der Waals surface area contributed by atoms with E-state index in [-0.39, 0.29) is 0 Å². The fraction of sp³-hybridized carbons (Fsp3) is 0.0625. The molecule has 0 radical (unpaired) electrons. The molecule has 0 atom stereocenters. The van der Waals surface area contributed by atoms with Gasteiger partial charge in [-0.25, -0.2) is 9.37 Å². The second-order valence-electron chi connectivity index (χ2n) is 4.22. The molecule has 3 aromatic rings. The Bertz CT molecular complexity index is 691. The summed E-state index contributed by atoms with van der Waals surface area (Å²) in [5.41, 5.74) is 3.48. The average molecular weight is 237 g/mol. The first kappa shape index (κ1) is 10.9. The lowest BCUT2D eigenvalue weighted by Gasteiger charge is -2.04. The quantitative estimate of drug-likeness (QED) is 0.645. The van der Waals surface area contributed by atoms with E-state index in [0.717, 1.165) is 22.2 Å². The van der Waals surface area contributed by atoms with E-state index in [4.69, 9.17) is 0 Å². The van der Waals surface area contributed by atoms with Crippen molar-refractivity contribution >= 4 is 10.9 Å². The van der Waals surface area contributed by atoms with Crippen LogP contribution >= 0.6 is 0 Å². The summed E-state index contributed by atoms with van der Waals surface area (Å²) >= 11 is 0. The number of rotatable bonds is 2. The van der Waals surface area contributed by atoms with Crippen LogP contribution in [0.1, 0.15) is 5.56 Å². The van der Waals surface area contributed by atoms with Crippen LogP contribution in [0.2, 0.25) is 0 Å². The number of pyridine rings is 1. The maximum Gasteiger partial charge on any atom is 0.115 e. The molecular weight excluding hydrogens is 225 g/mol. The van der Waals surface area contributed by atoms with Crippen molar-refractivity contribution in [1.29, 1.82) is 0 Å². The van der Waals surface area contributed by atoms with Gasteiger partial charge in [-0.2, -0.15) is 0 Å². The first-order chi connectivity index (χ1) is 8.86. The van der Waals surface area contributed by atoms with E-state index < -0.39 is 6.67 Å². The number of hydrogen-bond acceptors (Lipinski definition) is 1. The second kappa shape index (κ2) is 4.57. The second-order valence-corrected chi connectivity index (χ2v) is 4.22. The molecule has 0 amide bonds. The molecule has 0 spiro atoms. The van der Waals surface area contributed by atoms with Gasteiger partial charge in [-0.05, 0) is 23.8 Å². The largest absolute Gasteiger partial charge is 0.248 e. The summed E-state index contributed by atoms with van der Waals surface area (Å²) in [4.78, 5) is 4.60. The van der Waals surface area contributed by atoms with E-state index in [9.17, 15) is 4.39 Å². The van der Waals surface area contributed by atoms with Gasteiger partial charge in [-0.1, -0.05) is 42.5 Å². The summed E-state index contributed by atoms with van der Waals surface area (Å²) < 4.78 is 12.7. The molecule has 1 aromatic heterocycles. The summed E-state index contributed by atoms with van der Waals surface area (Å²) in [6, 6.07) is 19.4. The number of aromatic nitrogens is 1. The molecule has 0 saturated carbocycles. The summed E-state index contributed by atoms with van der Waals surface area (Å²) in [7, 11) is 0. The molecule has 0 aliphatic rings. The van der Waals surface area contributed by atoms with E-state index in [0.29, 0.717) is 5.56 Å². The van der Waals surface area contributed by atoms with Gasteiger partial charge in [0.1, 0.15) is 6.67 Å². The topological polar surface area (TPSA) is 12.9 Å². The standard InChI is InChI=1S/C16H12FN/c17-11-12-4-3-6-14(10-12)16-9-8-13-5-1-2-7-15(13)18-16/h1-10H,11H2. The van der Waals surface area contributed by atoms with E-state index >= 15 is 0 Å². The van der Waals surface area contributed by atoms with Crippen LogP contribution in [0.3, 0.4) is 0 Å². The van der Waals surface area contributed by atoms with E-state index in [1.807, 2.05) is 54.6 Å². The van der Waals surface area contributed by atoms with Crippen LogP contribution in [-0.4, -0.2) is 4.98 Å². The van der Waals surface area contributed by atoms with Gasteiger partial charge >= 0.3 is 0 Å². The number of halogens is 1. The molecule has 0 N–H and O–H groups in total. The van der Waals surface area contributed by atoms with Crippen molar-refractivity contribution in [2.45, 2.75) is 6.67 Å². The van der Waals surface area contributed by atoms with Crippen molar-refractivity contribution in [2.75, 3.05) is 0 Å². The number of nitrogens with zero attached hydrogens (tertiary/aromatic N) is 1. The zero-order chi connectivity index (χ0) is 12.4. The van der Waals surface area contributed by atoms with Gasteiger partial charge in [0.2, 0.25) is 0 Å². The third-order valence-electron chi connectivity index (χ3n) is 2.98. The highest BCUT2D eigenvalue weighted by Crippen LogP contribution is 2.22. The lowest BCUT2D eigenvalue weighted by atomic mass is 10.1. The Hall–Kier alpha value is -2.22. The summed E-state index contributed by atoms with van der Waals surface area (Å²) in [5.74, 6) is 0. The highest BCUT2D eigenvalue weighted by Gasteiger charge is 2.02. The summed E-state index contributed by atoms with van der Waals surface area (Å²) in [5, 5.41) is 1.11. The normalized spacial score (nSPS) is 10.7. The molecule has 0 fully saturated rings. The zero-order valence-corrected chi connectivity index (χ0v) is 9.81. The van der Waals surface area contributed by atoms with Gasteiger partial charge in [0.15, 0.2) is 0 Å². The van der Waals surface area contributed by atoms with Crippen molar-refractivity contribution in [3.8, 4) is 11.3 Å². The Morgan fingerprint density at radius 3 is 2.67 bits per heavy atom. The maximum absolute atomic E-state index is 12.7. The molecule has 0 saturated heterocycles. The molecule has 1 nitrogen and oxygen atoms in total. The Labute approximate surface area is 105 Å². The molecular formula is C16H12FN. The summed E-state index contributed by atoms with van der Waals surface area (Å²) in [6.07, 6.45) is 0. The van der Waals surface area contributed by atoms with Crippen LogP contribution in [0.15, 0.2) is 60.7 Å². The van der Waals surface area contributed by atoms with Gasteiger partial charge in [0.25, 0.3) is 0 Å². The van der Waals surface area contributed by atoms with Crippen molar-refractivity contribution in [2.24, 2.45) is 0 Å². The van der Waals surface area contributed by atoms with Gasteiger partial charge in [0, 0.05) is 10.9 Å². The predicted octanol–water partition coefficient (Wildman–Crippen LogP) is 4.37. The number of alkyl halides is 1. The van der Waals surface area contributed by atoms with E-state index in [1.165, 1.54) is 0 Å². The number of fused-ring (bicyclic) bond motifs is 1. The number of hydrogen-bond donors (Lipinski definition) is 0. The first-order valence-corrected chi connectivity index (χ1v) is 5.88. The third-order valence-corrected chi connectivity index (χ3v) is 2.98. The molecule has 3 rings (SSSR count). The van der Waals surface area contributed by atoms with E-state index in [1.54, 1.807) is 6.07 Å². The van der Waals surface area contributed by atoms with Gasteiger partial charge in [-0.3, -0.25) is 0 Å². The van der Waals surface area contributed by atoms with Crippen LogP contribution in [0, 0.1) is 0 Å². The number of para-hydroxylation sites is 1. The SMILES string of the molecule is FCc1cccc(-c2ccc3ccccc3n2)c1. The Kier molecular flexibility index (Phi) is 2.77. The lowest BCUT2D eigenvalue weighted by Crippen LogP contribution is -1.86. The highest BCUT2D eigenvalue weighted by atomic mass is 19.1. The van der Waals surface area contributed by atoms with Crippen molar-refractivity contribution in [3.05, 3.63) is 66.2 Å². The summed E-state index contributed by atoms with van der Waals surface area (Å²) in [6.45, 7) is -0.443. The van der Waals surface area contributed by atoms with Crippen LogP contribution in [-0.2, 0) is 6.67 Å². The molecule has 2 aromatic carbocycles. The maximum atomic E-state index is 12.7. The molecule has 18 heavy (non-hydrogen) atoms. The Morgan fingerprint density at radius 2 is 1.78 bits per heavy atom. The van der Waals surface area contributed by atoms with Crippen molar-refractivity contribution in [1.82, 2.24) is 4.98 Å². The fourth-order valence-corrected chi connectivity index (χ4v) is 2.04. The van der Waals surface area contributed by atoms with Crippen LogP contribution < -0.4 is 0 Å². The smallest absolute Gasteiger partial charge is 0.115 e. The molecule has 88 valence electrons. The molecule has 0 aliphatic carbocycles. The van der Waals surface area contributed by atoms with Crippen LogP contribution in [0.5, 0.6) is 0 Å². The molecule has 0 aliphatic heterocycles. The molecule has 2 heteroatoms. The zero-order valence-electron chi connectivity index (χ0n) is 9.81. The monoisotopic (exact) mass is 237 g/mol. The van der Waals surface area contributed by atoms with E-state index in [2.05, 4.69) is 4.98 Å². The first-order valence-electron chi connectivity index (χ1n) is 5.88. The molecule has 1 heterocycles. The lowest BCUT2D eigenvalue weighted by molar-refractivity contribution is 0.485. The number of benzene rings is 2. The molecule has 0 bridgehead atoms. The fourth-order valence-electron chi connectivity index (χ4n) is 2.04. The van der Waals surface area contributed by atoms with Gasteiger partial charge < -0.3 is 0 Å². The third kappa shape index (κ3) is 1.97. The minimum Gasteiger partial charge on any atom is -0.248 e.